The highest BCUT2D eigenvalue weighted by Gasteiger charge is 2.19. The zero-order valence-corrected chi connectivity index (χ0v) is 7.98. The first kappa shape index (κ1) is 11.4. The molecule has 0 heterocycles. The first-order valence-electron chi connectivity index (χ1n) is 4.32. The average Bonchev–Trinajstić information content (AvgIpc) is 2.21. The second-order valence-electron chi connectivity index (χ2n) is 2.82. The molecule has 0 amide bonds. The number of benzene rings is 1. The van der Waals surface area contributed by atoms with Gasteiger partial charge in [0.05, 0.1) is 6.61 Å². The van der Waals surface area contributed by atoms with Crippen LogP contribution in [0.2, 0.25) is 0 Å². The summed E-state index contributed by atoms with van der Waals surface area (Å²) in [5.74, 6) is -4.47. The van der Waals surface area contributed by atoms with Crippen LogP contribution < -0.4 is 4.74 Å². The standard InChI is InChI=1S/C10H8F3NO/c1-2-3-15-10-6(5-14)7(11)4-8(12)9(10)13/h4H,2-3H2,1H3. The van der Waals surface area contributed by atoms with Gasteiger partial charge in [-0.15, -0.1) is 0 Å². The summed E-state index contributed by atoms with van der Waals surface area (Å²) >= 11 is 0. The number of ether oxygens (including phenoxy) is 1. The number of hydrogen-bond acceptors (Lipinski definition) is 2. The van der Waals surface area contributed by atoms with E-state index < -0.39 is 28.8 Å². The zero-order chi connectivity index (χ0) is 11.4. The van der Waals surface area contributed by atoms with Gasteiger partial charge in [0.1, 0.15) is 17.4 Å². The smallest absolute Gasteiger partial charge is 0.202 e. The van der Waals surface area contributed by atoms with Crippen LogP contribution in [0.25, 0.3) is 0 Å². The Bertz CT molecular complexity index is 412. The summed E-state index contributed by atoms with van der Waals surface area (Å²) in [5, 5.41) is 8.55. The van der Waals surface area contributed by atoms with Crippen molar-refractivity contribution in [3.05, 3.63) is 29.1 Å². The van der Waals surface area contributed by atoms with Gasteiger partial charge in [-0.1, -0.05) is 6.92 Å². The fourth-order valence-corrected chi connectivity index (χ4v) is 1.02. The van der Waals surface area contributed by atoms with E-state index in [0.29, 0.717) is 12.5 Å². The minimum Gasteiger partial charge on any atom is -0.489 e. The average molecular weight is 215 g/mol. The summed E-state index contributed by atoms with van der Waals surface area (Å²) in [5.41, 5.74) is -0.609. The molecule has 0 radical (unpaired) electrons. The minimum atomic E-state index is -1.36. The molecular weight excluding hydrogens is 207 g/mol. The van der Waals surface area contributed by atoms with Crippen molar-refractivity contribution in [2.75, 3.05) is 6.61 Å². The Kier molecular flexibility index (Phi) is 3.56. The lowest BCUT2D eigenvalue weighted by Gasteiger charge is -2.08. The molecule has 0 bridgehead atoms. The van der Waals surface area contributed by atoms with Gasteiger partial charge >= 0.3 is 0 Å². The molecule has 80 valence electrons. The fraction of sp³-hybridized carbons (Fsp3) is 0.300. The van der Waals surface area contributed by atoms with Crippen molar-refractivity contribution in [1.82, 2.24) is 0 Å². The molecule has 15 heavy (non-hydrogen) atoms. The van der Waals surface area contributed by atoms with Crippen LogP contribution in [0, 0.1) is 28.8 Å². The van der Waals surface area contributed by atoms with Gasteiger partial charge in [-0.05, 0) is 6.42 Å². The molecule has 0 saturated heterocycles. The Morgan fingerprint density at radius 3 is 2.53 bits per heavy atom. The van der Waals surface area contributed by atoms with E-state index in [1.54, 1.807) is 6.92 Å². The van der Waals surface area contributed by atoms with Gasteiger partial charge in [0.2, 0.25) is 5.82 Å². The topological polar surface area (TPSA) is 33.0 Å². The summed E-state index contributed by atoms with van der Waals surface area (Å²) in [4.78, 5) is 0. The molecule has 0 fully saturated rings. The molecule has 0 spiro atoms. The quantitative estimate of drug-likeness (QED) is 0.726. The predicted octanol–water partition coefficient (Wildman–Crippen LogP) is 2.76. The zero-order valence-electron chi connectivity index (χ0n) is 7.98. The van der Waals surface area contributed by atoms with Crippen molar-refractivity contribution in [2.45, 2.75) is 13.3 Å². The van der Waals surface area contributed by atoms with Crippen molar-refractivity contribution in [3.8, 4) is 11.8 Å². The van der Waals surface area contributed by atoms with E-state index in [1.165, 1.54) is 6.07 Å². The molecular formula is C10H8F3NO. The van der Waals surface area contributed by atoms with E-state index in [4.69, 9.17) is 10.00 Å². The first-order valence-corrected chi connectivity index (χ1v) is 4.32. The Morgan fingerprint density at radius 2 is 2.00 bits per heavy atom. The summed E-state index contributed by atoms with van der Waals surface area (Å²) < 4.78 is 43.7. The van der Waals surface area contributed by atoms with Crippen LogP contribution in [-0.2, 0) is 0 Å². The molecule has 0 N–H and O–H groups in total. The summed E-state index contributed by atoms with van der Waals surface area (Å²) in [7, 11) is 0. The fourth-order valence-electron chi connectivity index (χ4n) is 1.02. The molecule has 0 aliphatic carbocycles. The van der Waals surface area contributed by atoms with Crippen LogP contribution >= 0.6 is 0 Å². The van der Waals surface area contributed by atoms with E-state index >= 15 is 0 Å². The molecule has 1 rings (SSSR count). The minimum absolute atomic E-state index is 0.0918. The SMILES string of the molecule is CCCOc1c(F)c(F)cc(F)c1C#N. The van der Waals surface area contributed by atoms with E-state index in [-0.39, 0.29) is 6.61 Å². The van der Waals surface area contributed by atoms with Crippen LogP contribution in [0.5, 0.6) is 5.75 Å². The third-order valence-electron chi connectivity index (χ3n) is 1.69. The molecule has 5 heteroatoms. The molecule has 0 atom stereocenters. The highest BCUT2D eigenvalue weighted by Crippen LogP contribution is 2.27. The van der Waals surface area contributed by atoms with E-state index in [9.17, 15) is 13.2 Å². The molecule has 2 nitrogen and oxygen atoms in total. The normalized spacial score (nSPS) is 9.80. The van der Waals surface area contributed by atoms with Gasteiger partial charge in [-0.2, -0.15) is 9.65 Å². The van der Waals surface area contributed by atoms with E-state index in [1.807, 2.05) is 0 Å². The maximum Gasteiger partial charge on any atom is 0.202 e. The van der Waals surface area contributed by atoms with Crippen molar-refractivity contribution in [2.24, 2.45) is 0 Å². The van der Waals surface area contributed by atoms with Crippen LogP contribution in [0.4, 0.5) is 13.2 Å². The lowest BCUT2D eigenvalue weighted by Crippen LogP contribution is -2.04. The van der Waals surface area contributed by atoms with Crippen LogP contribution in [0.3, 0.4) is 0 Å². The first-order chi connectivity index (χ1) is 7.11. The van der Waals surface area contributed by atoms with Crippen molar-refractivity contribution in [1.29, 1.82) is 5.26 Å². The lowest BCUT2D eigenvalue weighted by molar-refractivity contribution is 0.291. The number of nitrogens with zero attached hydrogens (tertiary/aromatic N) is 1. The molecule has 0 unspecified atom stereocenters. The van der Waals surface area contributed by atoms with Gasteiger partial charge in [-0.3, -0.25) is 0 Å². The maximum absolute atomic E-state index is 13.1. The summed E-state index contributed by atoms with van der Waals surface area (Å²) in [6, 6.07) is 1.76. The third-order valence-corrected chi connectivity index (χ3v) is 1.69. The lowest BCUT2D eigenvalue weighted by atomic mass is 10.2. The van der Waals surface area contributed by atoms with Crippen LogP contribution in [0.1, 0.15) is 18.9 Å². The molecule has 1 aromatic carbocycles. The van der Waals surface area contributed by atoms with Crippen LogP contribution in [-0.4, -0.2) is 6.61 Å². The van der Waals surface area contributed by atoms with Crippen LogP contribution in [0.15, 0.2) is 6.07 Å². The number of halogens is 3. The molecule has 0 saturated carbocycles. The predicted molar refractivity (Wildman–Crippen MR) is 46.8 cm³/mol. The van der Waals surface area contributed by atoms with Crippen molar-refractivity contribution >= 4 is 0 Å². The number of hydrogen-bond donors (Lipinski definition) is 0. The number of rotatable bonds is 3. The van der Waals surface area contributed by atoms with Gasteiger partial charge in [0, 0.05) is 6.07 Å². The van der Waals surface area contributed by atoms with Gasteiger partial charge in [0.25, 0.3) is 0 Å². The third kappa shape index (κ3) is 2.21. The Morgan fingerprint density at radius 1 is 1.33 bits per heavy atom. The summed E-state index contributed by atoms with van der Waals surface area (Å²) in [6.45, 7) is 1.84. The van der Waals surface area contributed by atoms with Gasteiger partial charge < -0.3 is 4.74 Å². The van der Waals surface area contributed by atoms with Gasteiger partial charge in [0.15, 0.2) is 11.6 Å². The number of nitriles is 1. The Hall–Kier alpha value is -1.70. The second-order valence-corrected chi connectivity index (χ2v) is 2.82. The highest BCUT2D eigenvalue weighted by molar-refractivity contribution is 5.45. The maximum atomic E-state index is 13.1. The molecule has 0 aliphatic heterocycles. The largest absolute Gasteiger partial charge is 0.489 e. The molecule has 1 aromatic rings. The van der Waals surface area contributed by atoms with Gasteiger partial charge in [-0.25, -0.2) is 8.78 Å². The Balaban J connectivity index is 3.26. The Labute approximate surface area is 84.9 Å². The highest BCUT2D eigenvalue weighted by atomic mass is 19.2. The van der Waals surface area contributed by atoms with Crippen molar-refractivity contribution < 1.29 is 17.9 Å². The van der Waals surface area contributed by atoms with E-state index in [2.05, 4.69) is 0 Å². The second kappa shape index (κ2) is 4.69. The molecule has 0 aromatic heterocycles. The van der Waals surface area contributed by atoms with Crippen molar-refractivity contribution in [3.63, 3.8) is 0 Å². The molecule has 0 aliphatic rings. The van der Waals surface area contributed by atoms with E-state index in [0.717, 1.165) is 0 Å². The monoisotopic (exact) mass is 215 g/mol. The summed E-state index contributed by atoms with van der Waals surface area (Å²) in [6.07, 6.45) is 0.544.